The average molecular weight is 217 g/mol. The summed E-state index contributed by atoms with van der Waals surface area (Å²) in [6.45, 7) is 7.20. The first kappa shape index (κ1) is 11.3. The van der Waals surface area contributed by atoms with Gasteiger partial charge in [0.15, 0.2) is 5.78 Å². The standard InChI is InChI=1S/C14H19NO/c1-11-8-15(9-12(11)2)10-14(16)13-6-4-3-5-7-13/h3-7,11-12H,8-10H2,1-2H3/t11-,12+. The van der Waals surface area contributed by atoms with E-state index in [-0.39, 0.29) is 5.78 Å². The van der Waals surface area contributed by atoms with Crippen molar-refractivity contribution in [2.24, 2.45) is 11.8 Å². The fourth-order valence-electron chi connectivity index (χ4n) is 2.30. The summed E-state index contributed by atoms with van der Waals surface area (Å²) in [6, 6.07) is 9.57. The number of hydrogen-bond donors (Lipinski definition) is 0. The summed E-state index contributed by atoms with van der Waals surface area (Å²) in [4.78, 5) is 14.2. The van der Waals surface area contributed by atoms with Gasteiger partial charge < -0.3 is 0 Å². The van der Waals surface area contributed by atoms with Crippen molar-refractivity contribution in [1.82, 2.24) is 4.90 Å². The first-order valence-electron chi connectivity index (χ1n) is 5.97. The average Bonchev–Trinajstić information content (AvgIpc) is 2.59. The number of nitrogens with zero attached hydrogens (tertiary/aromatic N) is 1. The van der Waals surface area contributed by atoms with Gasteiger partial charge in [0.1, 0.15) is 0 Å². The number of hydrogen-bond acceptors (Lipinski definition) is 2. The summed E-state index contributed by atoms with van der Waals surface area (Å²) in [6.07, 6.45) is 0. The molecule has 2 rings (SSSR count). The first-order valence-corrected chi connectivity index (χ1v) is 5.97. The molecular weight excluding hydrogens is 198 g/mol. The highest BCUT2D eigenvalue weighted by Gasteiger charge is 2.27. The molecule has 86 valence electrons. The van der Waals surface area contributed by atoms with E-state index in [4.69, 9.17) is 0 Å². The number of benzene rings is 1. The fourth-order valence-corrected chi connectivity index (χ4v) is 2.30. The zero-order valence-electron chi connectivity index (χ0n) is 10.0. The van der Waals surface area contributed by atoms with E-state index in [0.717, 1.165) is 18.7 Å². The van der Waals surface area contributed by atoms with Crippen LogP contribution in [0, 0.1) is 11.8 Å². The van der Waals surface area contributed by atoms with E-state index in [2.05, 4.69) is 18.7 Å². The quantitative estimate of drug-likeness (QED) is 0.725. The van der Waals surface area contributed by atoms with E-state index in [1.165, 1.54) is 0 Å². The van der Waals surface area contributed by atoms with E-state index in [1.54, 1.807) is 0 Å². The van der Waals surface area contributed by atoms with E-state index >= 15 is 0 Å². The second-order valence-corrected chi connectivity index (χ2v) is 4.94. The molecule has 1 saturated heterocycles. The SMILES string of the molecule is C[C@@H]1CN(CC(=O)c2ccccc2)C[C@@H]1C. The van der Waals surface area contributed by atoms with Gasteiger partial charge in [0.05, 0.1) is 6.54 Å². The third kappa shape index (κ3) is 2.50. The zero-order chi connectivity index (χ0) is 11.5. The summed E-state index contributed by atoms with van der Waals surface area (Å²) in [5, 5.41) is 0. The Kier molecular flexibility index (Phi) is 3.39. The second-order valence-electron chi connectivity index (χ2n) is 4.94. The first-order chi connectivity index (χ1) is 7.66. The molecule has 0 aliphatic carbocycles. The molecule has 0 spiro atoms. The largest absolute Gasteiger partial charge is 0.295 e. The van der Waals surface area contributed by atoms with Gasteiger partial charge in [-0.2, -0.15) is 0 Å². The lowest BCUT2D eigenvalue weighted by Crippen LogP contribution is -2.27. The summed E-state index contributed by atoms with van der Waals surface area (Å²) in [7, 11) is 0. The molecule has 1 aromatic carbocycles. The molecule has 0 unspecified atom stereocenters. The van der Waals surface area contributed by atoms with Gasteiger partial charge in [-0.15, -0.1) is 0 Å². The minimum atomic E-state index is 0.238. The van der Waals surface area contributed by atoms with Crippen LogP contribution in [0.1, 0.15) is 24.2 Å². The van der Waals surface area contributed by atoms with Crippen LogP contribution in [0.2, 0.25) is 0 Å². The molecule has 1 aromatic rings. The predicted octanol–water partition coefficient (Wildman–Crippen LogP) is 2.46. The number of Topliss-reactive ketones (excluding diaryl/α,β-unsaturated/α-hetero) is 1. The molecular formula is C14H19NO. The highest BCUT2D eigenvalue weighted by molar-refractivity contribution is 5.97. The number of carbonyl (C=O) groups excluding carboxylic acids is 1. The highest BCUT2D eigenvalue weighted by atomic mass is 16.1. The van der Waals surface area contributed by atoms with Gasteiger partial charge in [-0.1, -0.05) is 44.2 Å². The minimum absolute atomic E-state index is 0.238. The molecule has 2 atom stereocenters. The third-order valence-corrected chi connectivity index (χ3v) is 3.53. The van der Waals surface area contributed by atoms with Crippen LogP contribution in [0.4, 0.5) is 0 Å². The Morgan fingerprint density at radius 1 is 1.19 bits per heavy atom. The molecule has 1 aliphatic heterocycles. The Hall–Kier alpha value is -1.15. The summed E-state index contributed by atoms with van der Waals surface area (Å²) >= 11 is 0. The maximum absolute atomic E-state index is 12.0. The summed E-state index contributed by atoms with van der Waals surface area (Å²) in [5.41, 5.74) is 0.828. The van der Waals surface area contributed by atoms with Crippen molar-refractivity contribution in [2.45, 2.75) is 13.8 Å². The van der Waals surface area contributed by atoms with Crippen LogP contribution >= 0.6 is 0 Å². The van der Waals surface area contributed by atoms with Crippen molar-refractivity contribution in [2.75, 3.05) is 19.6 Å². The van der Waals surface area contributed by atoms with Gasteiger partial charge in [-0.05, 0) is 11.8 Å². The van der Waals surface area contributed by atoms with Crippen LogP contribution < -0.4 is 0 Å². The van der Waals surface area contributed by atoms with Gasteiger partial charge >= 0.3 is 0 Å². The Bertz CT molecular complexity index is 350. The number of ketones is 1. The van der Waals surface area contributed by atoms with E-state index in [0.29, 0.717) is 18.4 Å². The number of carbonyl (C=O) groups is 1. The van der Waals surface area contributed by atoms with Crippen LogP contribution in [-0.2, 0) is 0 Å². The molecule has 2 heteroatoms. The molecule has 0 aromatic heterocycles. The molecule has 1 aliphatic rings. The monoisotopic (exact) mass is 217 g/mol. The van der Waals surface area contributed by atoms with Crippen molar-refractivity contribution in [3.63, 3.8) is 0 Å². The lowest BCUT2D eigenvalue weighted by Gasteiger charge is -2.14. The summed E-state index contributed by atoms with van der Waals surface area (Å²) in [5.74, 6) is 1.66. The molecule has 1 heterocycles. The van der Waals surface area contributed by atoms with Crippen LogP contribution in [0.15, 0.2) is 30.3 Å². The molecule has 0 saturated carbocycles. The maximum atomic E-state index is 12.0. The normalized spacial score (nSPS) is 25.9. The summed E-state index contributed by atoms with van der Waals surface area (Å²) < 4.78 is 0. The van der Waals surface area contributed by atoms with Gasteiger partial charge in [-0.3, -0.25) is 9.69 Å². The maximum Gasteiger partial charge on any atom is 0.176 e. The van der Waals surface area contributed by atoms with Crippen molar-refractivity contribution in [1.29, 1.82) is 0 Å². The van der Waals surface area contributed by atoms with Crippen LogP contribution in [0.25, 0.3) is 0 Å². The topological polar surface area (TPSA) is 20.3 Å². The second kappa shape index (κ2) is 4.79. The molecule has 0 bridgehead atoms. The van der Waals surface area contributed by atoms with Crippen molar-refractivity contribution >= 4 is 5.78 Å². The third-order valence-electron chi connectivity index (χ3n) is 3.53. The van der Waals surface area contributed by atoms with Crippen molar-refractivity contribution in [3.8, 4) is 0 Å². The van der Waals surface area contributed by atoms with Crippen molar-refractivity contribution in [3.05, 3.63) is 35.9 Å². The molecule has 16 heavy (non-hydrogen) atoms. The van der Waals surface area contributed by atoms with Crippen LogP contribution in [0.5, 0.6) is 0 Å². The van der Waals surface area contributed by atoms with Gasteiger partial charge in [0.25, 0.3) is 0 Å². The van der Waals surface area contributed by atoms with Gasteiger partial charge in [0, 0.05) is 18.7 Å². The number of likely N-dealkylation sites (tertiary alicyclic amines) is 1. The minimum Gasteiger partial charge on any atom is -0.295 e. The van der Waals surface area contributed by atoms with Crippen molar-refractivity contribution < 1.29 is 4.79 Å². The van der Waals surface area contributed by atoms with Gasteiger partial charge in [0.2, 0.25) is 0 Å². The van der Waals surface area contributed by atoms with Crippen LogP contribution in [-0.4, -0.2) is 30.3 Å². The predicted molar refractivity (Wildman–Crippen MR) is 65.5 cm³/mol. The molecule has 0 N–H and O–H groups in total. The van der Waals surface area contributed by atoms with E-state index < -0.39 is 0 Å². The lowest BCUT2D eigenvalue weighted by molar-refractivity contribution is 0.0942. The van der Waals surface area contributed by atoms with Gasteiger partial charge in [-0.25, -0.2) is 0 Å². The highest BCUT2D eigenvalue weighted by Crippen LogP contribution is 2.22. The number of rotatable bonds is 3. The molecule has 1 fully saturated rings. The smallest absolute Gasteiger partial charge is 0.176 e. The molecule has 0 radical (unpaired) electrons. The fraction of sp³-hybridized carbons (Fsp3) is 0.500. The Morgan fingerprint density at radius 2 is 1.75 bits per heavy atom. The Labute approximate surface area is 97.3 Å². The Balaban J connectivity index is 1.94. The lowest BCUT2D eigenvalue weighted by atomic mass is 10.0. The molecule has 0 amide bonds. The van der Waals surface area contributed by atoms with E-state index in [1.807, 2.05) is 30.3 Å². The van der Waals surface area contributed by atoms with E-state index in [9.17, 15) is 4.79 Å². The van der Waals surface area contributed by atoms with Crippen LogP contribution in [0.3, 0.4) is 0 Å². The Morgan fingerprint density at radius 3 is 2.31 bits per heavy atom. The zero-order valence-corrected chi connectivity index (χ0v) is 10.0. The molecule has 2 nitrogen and oxygen atoms in total.